The minimum atomic E-state index is -0.651. The summed E-state index contributed by atoms with van der Waals surface area (Å²) in [6.45, 7) is 1.49. The van der Waals surface area contributed by atoms with E-state index in [2.05, 4.69) is 10.6 Å². The number of aryl methyl sites for hydroxylation is 1. The van der Waals surface area contributed by atoms with Gasteiger partial charge >= 0.3 is 0 Å². The molecule has 5 nitrogen and oxygen atoms in total. The lowest BCUT2D eigenvalue weighted by Gasteiger charge is -2.38. The van der Waals surface area contributed by atoms with E-state index in [-0.39, 0.29) is 16.9 Å². The molecule has 0 aliphatic carbocycles. The van der Waals surface area contributed by atoms with Crippen LogP contribution in [0.3, 0.4) is 0 Å². The molecule has 2 aliphatic rings. The first-order valence-electron chi connectivity index (χ1n) is 9.72. The number of benzene rings is 2. The number of nitrogens with one attached hydrogen (secondary N) is 2. The van der Waals surface area contributed by atoms with E-state index in [1.807, 2.05) is 24.3 Å². The Kier molecular flexibility index (Phi) is 5.56. The molecule has 0 atom stereocenters. The fraction of sp³-hybridized carbons (Fsp3) is 0.364. The summed E-state index contributed by atoms with van der Waals surface area (Å²) in [5.74, 6) is -1.27. The summed E-state index contributed by atoms with van der Waals surface area (Å²) in [6.07, 6.45) is 2.25. The van der Waals surface area contributed by atoms with E-state index in [9.17, 15) is 14.0 Å². The number of anilines is 1. The van der Waals surface area contributed by atoms with Crippen LogP contribution in [-0.2, 0) is 21.4 Å². The van der Waals surface area contributed by atoms with Crippen molar-refractivity contribution < 1.29 is 18.7 Å². The molecule has 152 valence electrons. The van der Waals surface area contributed by atoms with Crippen LogP contribution < -0.4 is 10.6 Å². The van der Waals surface area contributed by atoms with Crippen molar-refractivity contribution in [3.05, 3.63) is 63.9 Å². The molecule has 0 radical (unpaired) electrons. The van der Waals surface area contributed by atoms with E-state index in [4.69, 9.17) is 16.3 Å². The van der Waals surface area contributed by atoms with Gasteiger partial charge in [0, 0.05) is 42.3 Å². The fourth-order valence-electron chi connectivity index (χ4n) is 4.12. The summed E-state index contributed by atoms with van der Waals surface area (Å²) < 4.78 is 20.1. The SMILES string of the molecule is O=C1CCc2cc(C(=O)NCC3(c4ccccc4Cl)CCOCC3)c(F)cc2N1. The molecular weight excluding hydrogens is 395 g/mol. The number of amides is 2. The van der Waals surface area contributed by atoms with Gasteiger partial charge in [0.1, 0.15) is 5.82 Å². The van der Waals surface area contributed by atoms with Gasteiger partial charge in [0.05, 0.1) is 5.56 Å². The molecule has 7 heteroatoms. The number of hydrogen-bond acceptors (Lipinski definition) is 3. The standard InChI is InChI=1S/C22H22ClFN2O3/c23-17-4-2-1-3-16(17)22(7-9-29-10-8-22)13-25-21(28)15-11-14-5-6-20(27)26-19(14)12-18(15)24/h1-4,11-12H,5-10,13H2,(H,25,28)(H,26,27). The summed E-state index contributed by atoms with van der Waals surface area (Å²) in [7, 11) is 0. The minimum absolute atomic E-state index is 0.0127. The maximum atomic E-state index is 14.5. The second kappa shape index (κ2) is 8.13. The van der Waals surface area contributed by atoms with Crippen LogP contribution in [0.1, 0.15) is 40.7 Å². The van der Waals surface area contributed by atoms with Gasteiger partial charge in [-0.25, -0.2) is 4.39 Å². The summed E-state index contributed by atoms with van der Waals surface area (Å²) in [6, 6.07) is 10.4. The third-order valence-corrected chi connectivity index (χ3v) is 6.15. The van der Waals surface area contributed by atoms with E-state index >= 15 is 0 Å². The number of hydrogen-bond donors (Lipinski definition) is 2. The lowest BCUT2D eigenvalue weighted by atomic mass is 9.74. The lowest BCUT2D eigenvalue weighted by molar-refractivity contribution is -0.116. The van der Waals surface area contributed by atoms with Gasteiger partial charge in [-0.2, -0.15) is 0 Å². The predicted octanol–water partition coefficient (Wildman–Crippen LogP) is 3.84. The van der Waals surface area contributed by atoms with Gasteiger partial charge in [0.2, 0.25) is 5.91 Å². The molecule has 1 saturated heterocycles. The highest BCUT2D eigenvalue weighted by atomic mass is 35.5. The summed E-state index contributed by atoms with van der Waals surface area (Å²) in [4.78, 5) is 24.3. The number of fused-ring (bicyclic) bond motifs is 1. The van der Waals surface area contributed by atoms with E-state index in [0.717, 1.165) is 24.0 Å². The highest BCUT2D eigenvalue weighted by Crippen LogP contribution is 2.38. The van der Waals surface area contributed by atoms with Crippen LogP contribution in [0, 0.1) is 5.82 Å². The molecule has 2 aromatic rings. The molecule has 2 aliphatic heterocycles. The Hall–Kier alpha value is -2.44. The van der Waals surface area contributed by atoms with E-state index in [1.165, 1.54) is 12.1 Å². The zero-order valence-electron chi connectivity index (χ0n) is 15.9. The lowest BCUT2D eigenvalue weighted by Crippen LogP contribution is -2.45. The van der Waals surface area contributed by atoms with Gasteiger partial charge in [0.25, 0.3) is 5.91 Å². The van der Waals surface area contributed by atoms with Gasteiger partial charge in [-0.15, -0.1) is 0 Å². The van der Waals surface area contributed by atoms with Crippen LogP contribution >= 0.6 is 11.6 Å². The molecule has 0 unspecified atom stereocenters. The van der Waals surface area contributed by atoms with E-state index in [0.29, 0.717) is 43.3 Å². The second-order valence-corrected chi connectivity index (χ2v) is 8.00. The Morgan fingerprint density at radius 1 is 1.21 bits per heavy atom. The van der Waals surface area contributed by atoms with Gasteiger partial charge in [-0.3, -0.25) is 9.59 Å². The first-order chi connectivity index (χ1) is 14.0. The van der Waals surface area contributed by atoms with Crippen LogP contribution in [0.25, 0.3) is 0 Å². The van der Waals surface area contributed by atoms with Gasteiger partial charge in [-0.1, -0.05) is 29.8 Å². The van der Waals surface area contributed by atoms with Crippen molar-refractivity contribution in [2.75, 3.05) is 25.1 Å². The number of rotatable bonds is 4. The van der Waals surface area contributed by atoms with Crippen molar-refractivity contribution in [2.45, 2.75) is 31.1 Å². The van der Waals surface area contributed by atoms with Crippen molar-refractivity contribution >= 4 is 29.1 Å². The highest BCUT2D eigenvalue weighted by Gasteiger charge is 2.36. The number of carbonyl (C=O) groups is 2. The first kappa shape index (κ1) is 19.9. The highest BCUT2D eigenvalue weighted by molar-refractivity contribution is 6.31. The molecule has 0 aromatic heterocycles. The number of ether oxygens (including phenoxy) is 1. The van der Waals surface area contributed by atoms with Crippen LogP contribution in [0.2, 0.25) is 5.02 Å². The van der Waals surface area contributed by atoms with Gasteiger partial charge < -0.3 is 15.4 Å². The Bertz CT molecular complexity index is 957. The molecule has 0 bridgehead atoms. The molecule has 2 heterocycles. The van der Waals surface area contributed by atoms with Crippen molar-refractivity contribution in [3.8, 4) is 0 Å². The van der Waals surface area contributed by atoms with E-state index < -0.39 is 11.7 Å². The Morgan fingerprint density at radius 2 is 1.97 bits per heavy atom. The average Bonchev–Trinajstić information content (AvgIpc) is 2.72. The van der Waals surface area contributed by atoms with Crippen LogP contribution in [0.15, 0.2) is 36.4 Å². The molecule has 4 rings (SSSR count). The summed E-state index contributed by atoms with van der Waals surface area (Å²) in [5, 5.41) is 6.21. The molecule has 1 fully saturated rings. The van der Waals surface area contributed by atoms with Crippen molar-refractivity contribution in [3.63, 3.8) is 0 Å². The summed E-state index contributed by atoms with van der Waals surface area (Å²) in [5.41, 5.74) is 1.81. The van der Waals surface area contributed by atoms with Gasteiger partial charge in [-0.05, 0) is 48.6 Å². The third kappa shape index (κ3) is 4.00. The monoisotopic (exact) mass is 416 g/mol. The zero-order chi connectivity index (χ0) is 20.4. The van der Waals surface area contributed by atoms with Crippen molar-refractivity contribution in [1.29, 1.82) is 0 Å². The molecule has 0 spiro atoms. The van der Waals surface area contributed by atoms with Crippen LogP contribution in [0.5, 0.6) is 0 Å². The predicted molar refractivity (Wildman–Crippen MR) is 109 cm³/mol. The maximum absolute atomic E-state index is 14.5. The fourth-order valence-corrected chi connectivity index (χ4v) is 4.45. The molecule has 2 amide bonds. The second-order valence-electron chi connectivity index (χ2n) is 7.59. The first-order valence-corrected chi connectivity index (χ1v) is 10.1. The Labute approximate surface area is 173 Å². The number of halogens is 2. The maximum Gasteiger partial charge on any atom is 0.254 e. The van der Waals surface area contributed by atoms with Crippen LogP contribution in [0.4, 0.5) is 10.1 Å². The zero-order valence-corrected chi connectivity index (χ0v) is 16.7. The van der Waals surface area contributed by atoms with Gasteiger partial charge in [0.15, 0.2) is 0 Å². The smallest absolute Gasteiger partial charge is 0.254 e. The molecule has 2 aromatic carbocycles. The molecular formula is C22H22ClFN2O3. The largest absolute Gasteiger partial charge is 0.381 e. The Morgan fingerprint density at radius 3 is 2.72 bits per heavy atom. The summed E-state index contributed by atoms with van der Waals surface area (Å²) >= 11 is 6.45. The van der Waals surface area contributed by atoms with E-state index in [1.54, 1.807) is 0 Å². The molecule has 0 saturated carbocycles. The average molecular weight is 417 g/mol. The molecule has 2 N–H and O–H groups in total. The topological polar surface area (TPSA) is 67.4 Å². The number of carbonyl (C=O) groups excluding carboxylic acids is 2. The normalized spacial score (nSPS) is 17.9. The van der Waals surface area contributed by atoms with Crippen molar-refractivity contribution in [1.82, 2.24) is 5.32 Å². The quantitative estimate of drug-likeness (QED) is 0.795. The minimum Gasteiger partial charge on any atom is -0.381 e. The van der Waals surface area contributed by atoms with Crippen LogP contribution in [-0.4, -0.2) is 31.6 Å². The Balaban J connectivity index is 1.56. The molecule has 29 heavy (non-hydrogen) atoms. The third-order valence-electron chi connectivity index (χ3n) is 5.82. The van der Waals surface area contributed by atoms with Crippen molar-refractivity contribution in [2.24, 2.45) is 0 Å².